The summed E-state index contributed by atoms with van der Waals surface area (Å²) in [7, 11) is -2.05. The van der Waals surface area contributed by atoms with Crippen molar-refractivity contribution in [1.29, 1.82) is 0 Å². The van der Waals surface area contributed by atoms with Gasteiger partial charge in [0.05, 0.1) is 19.8 Å². The summed E-state index contributed by atoms with van der Waals surface area (Å²) >= 11 is 36.5. The van der Waals surface area contributed by atoms with E-state index in [4.69, 9.17) is 93.7 Å². The van der Waals surface area contributed by atoms with Gasteiger partial charge in [-0.2, -0.15) is 16.8 Å². The number of carboxylic acid groups (broad SMARTS) is 1. The molecule has 17 nitrogen and oxygen atoms in total. The molecule has 4 aromatic carbocycles. The lowest BCUT2D eigenvalue weighted by Crippen LogP contribution is -2.38. The molecular weight excluding hydrogens is 1020 g/mol. The number of methoxy groups -OCH3 is 2. The predicted molar refractivity (Wildman–Crippen MR) is 252 cm³/mol. The summed E-state index contributed by atoms with van der Waals surface area (Å²) in [6.45, 7) is 0. The summed E-state index contributed by atoms with van der Waals surface area (Å²) in [6.07, 6.45) is 3.06. The number of carbonyl (C=O) groups is 2. The summed E-state index contributed by atoms with van der Waals surface area (Å²) in [5.41, 5.74) is 2.65. The van der Waals surface area contributed by atoms with Gasteiger partial charge in [-0.1, -0.05) is 69.6 Å². The topological polar surface area (TPSA) is 247 Å². The summed E-state index contributed by atoms with van der Waals surface area (Å²) in [5.74, 6) is -0.0621. The van der Waals surface area contributed by atoms with Gasteiger partial charge in [0.15, 0.2) is 0 Å². The Kier molecular flexibility index (Phi) is 18.8. The van der Waals surface area contributed by atoms with Crippen molar-refractivity contribution in [3.63, 3.8) is 0 Å². The summed E-state index contributed by atoms with van der Waals surface area (Å²) in [6, 6.07) is 21.7. The Bertz CT molecular complexity index is 2920. The number of carboxylic acids is 1. The van der Waals surface area contributed by atoms with Gasteiger partial charge in [-0.05, 0) is 84.9 Å². The second-order valence-corrected chi connectivity index (χ2v) is 18.1. The van der Waals surface area contributed by atoms with E-state index in [1.54, 1.807) is 66.9 Å². The SMILES string of the molecule is CNS(=O)(=O)NC(=O)c1ccc(-c2cnc(Oc3cc(Cl)cc(Cl)c3)c(Cl)c2)c(OC)c1.CNS(N)(=O)=O.COc1cc(C(=O)O)ccc1-c1cnc(Oc2cc(Cl)cc(Cl)c2)c(Cl)c1.[HH]. The van der Waals surface area contributed by atoms with Gasteiger partial charge in [0.25, 0.3) is 16.1 Å². The molecule has 0 atom stereocenters. The van der Waals surface area contributed by atoms with Gasteiger partial charge in [0, 0.05) is 75.8 Å². The first-order valence-electron chi connectivity index (χ1n) is 17.7. The van der Waals surface area contributed by atoms with Gasteiger partial charge in [-0.3, -0.25) is 4.79 Å². The van der Waals surface area contributed by atoms with Crippen LogP contribution >= 0.6 is 69.6 Å². The molecule has 6 aromatic rings. The van der Waals surface area contributed by atoms with E-state index in [1.165, 1.54) is 58.8 Å². The first-order chi connectivity index (χ1) is 30.5. The third kappa shape index (κ3) is 15.8. The van der Waals surface area contributed by atoms with Gasteiger partial charge < -0.3 is 24.1 Å². The zero-order valence-electron chi connectivity index (χ0n) is 33.8. The van der Waals surface area contributed by atoms with Crippen molar-refractivity contribution >= 4 is 102 Å². The number of ether oxygens (including phenoxy) is 4. The van der Waals surface area contributed by atoms with E-state index in [-0.39, 0.29) is 34.4 Å². The quantitative estimate of drug-likeness (QED) is 0.0724. The molecule has 0 aliphatic carbocycles. The average Bonchev–Trinajstić information content (AvgIpc) is 3.24. The molecule has 65 heavy (non-hydrogen) atoms. The van der Waals surface area contributed by atoms with Crippen LogP contribution in [0.2, 0.25) is 30.1 Å². The van der Waals surface area contributed by atoms with Crippen LogP contribution in [0.15, 0.2) is 97.3 Å². The smallest absolute Gasteiger partial charge is 0.335 e. The molecule has 0 radical (unpaired) electrons. The van der Waals surface area contributed by atoms with Crippen molar-refractivity contribution in [1.82, 2.24) is 24.1 Å². The fourth-order valence-corrected chi connectivity index (χ4v) is 6.95. The van der Waals surface area contributed by atoms with E-state index in [2.05, 4.69) is 15.1 Å². The van der Waals surface area contributed by atoms with Crippen LogP contribution in [0.4, 0.5) is 0 Å². The number of pyridine rings is 2. The van der Waals surface area contributed by atoms with Crippen LogP contribution in [0.5, 0.6) is 34.8 Å². The average molecular weight is 1050 g/mol. The van der Waals surface area contributed by atoms with Crippen molar-refractivity contribution < 1.29 is 51.9 Å². The number of hydrogen-bond donors (Lipinski definition) is 5. The number of carbonyl (C=O) groups excluding carboxylic acids is 1. The third-order valence-corrected chi connectivity index (χ3v) is 11.0. The number of hydrogen-bond acceptors (Lipinski definition) is 12. The van der Waals surface area contributed by atoms with Crippen LogP contribution in [0.3, 0.4) is 0 Å². The van der Waals surface area contributed by atoms with Crippen molar-refractivity contribution in [2.24, 2.45) is 5.14 Å². The van der Waals surface area contributed by atoms with Gasteiger partial charge in [-0.15, -0.1) is 0 Å². The van der Waals surface area contributed by atoms with Crippen molar-refractivity contribution in [3.8, 4) is 57.0 Å². The molecule has 0 fully saturated rings. The van der Waals surface area contributed by atoms with Crippen LogP contribution in [0, 0.1) is 0 Å². The molecule has 0 aliphatic rings. The zero-order valence-corrected chi connectivity index (χ0v) is 40.0. The molecule has 25 heteroatoms. The van der Waals surface area contributed by atoms with Crippen LogP contribution in [-0.4, -0.2) is 72.1 Å². The fourth-order valence-electron chi connectivity index (χ4n) is 5.06. The van der Waals surface area contributed by atoms with Crippen LogP contribution in [-0.2, 0) is 20.4 Å². The van der Waals surface area contributed by atoms with E-state index in [0.29, 0.717) is 65.3 Å². The number of rotatable bonds is 13. The Hall–Kier alpha value is -5.16. The molecule has 2 heterocycles. The lowest BCUT2D eigenvalue weighted by molar-refractivity contribution is 0.0696. The van der Waals surface area contributed by atoms with Crippen molar-refractivity contribution in [2.45, 2.75) is 0 Å². The largest absolute Gasteiger partial charge is 0.496 e. The molecule has 6 rings (SSSR count). The minimum absolute atomic E-state index is 0. The molecular formula is C40H36Cl6N6O11S2. The monoisotopic (exact) mass is 1050 g/mol. The highest BCUT2D eigenvalue weighted by Crippen LogP contribution is 2.38. The normalized spacial score (nSPS) is 10.9. The molecule has 0 bridgehead atoms. The Morgan fingerprint density at radius 3 is 1.34 bits per heavy atom. The molecule has 0 spiro atoms. The first kappa shape index (κ1) is 52.5. The number of nitrogens with one attached hydrogen (secondary N) is 3. The lowest BCUT2D eigenvalue weighted by Gasteiger charge is -2.13. The molecule has 0 saturated heterocycles. The second kappa shape index (κ2) is 23.3. The van der Waals surface area contributed by atoms with Gasteiger partial charge in [0.2, 0.25) is 11.8 Å². The maximum Gasteiger partial charge on any atom is 0.335 e. The number of aromatic carboxylic acids is 1. The molecule has 6 N–H and O–H groups in total. The van der Waals surface area contributed by atoms with Crippen molar-refractivity contribution in [3.05, 3.63) is 139 Å². The van der Waals surface area contributed by atoms with Gasteiger partial charge in [0.1, 0.15) is 33.0 Å². The zero-order chi connectivity index (χ0) is 48.2. The number of nitrogens with zero attached hydrogens (tertiary/aromatic N) is 2. The molecule has 2 aromatic heterocycles. The number of benzene rings is 4. The van der Waals surface area contributed by atoms with E-state index < -0.39 is 32.3 Å². The van der Waals surface area contributed by atoms with Crippen LogP contribution < -0.4 is 38.3 Å². The van der Waals surface area contributed by atoms with E-state index in [9.17, 15) is 26.4 Å². The summed E-state index contributed by atoms with van der Waals surface area (Å²) in [4.78, 5) is 31.8. The minimum atomic E-state index is -3.94. The van der Waals surface area contributed by atoms with Gasteiger partial charge >= 0.3 is 16.2 Å². The maximum absolute atomic E-state index is 12.2. The standard InChI is InChI=1S/C20H16Cl3N3O5S.C19H12Cl3NO4.CH6N2O2S.H2/c1-24-32(28,29)26-19(27)11-3-4-16(18(6-11)30-2)12-5-17(23)20(25-10-12)31-15-8-13(21)7-14(22)9-15;1-26-17-5-10(19(24)25)2-3-15(17)11-4-16(22)18(23-9-11)27-14-7-12(20)6-13(21)8-14;1-3-6(2,4)5;/h3-10,24H,1-2H3,(H,26,27);2-9H,1H3,(H,24,25);3H,1H3,(H2,2,4,5);1H. The highest BCUT2D eigenvalue weighted by molar-refractivity contribution is 7.88. The van der Waals surface area contributed by atoms with E-state index in [0.717, 1.165) is 0 Å². The molecule has 0 unspecified atom stereocenters. The fraction of sp³-hybridized carbons (Fsp3) is 0.100. The van der Waals surface area contributed by atoms with Crippen LogP contribution in [0.25, 0.3) is 22.3 Å². The molecule has 0 saturated carbocycles. The molecule has 0 aliphatic heterocycles. The second-order valence-electron chi connectivity index (χ2n) is 12.5. The molecule has 346 valence electrons. The first-order valence-corrected chi connectivity index (χ1v) is 23.0. The highest BCUT2D eigenvalue weighted by atomic mass is 35.5. The Labute approximate surface area is 404 Å². The van der Waals surface area contributed by atoms with Gasteiger partial charge in [-0.25, -0.2) is 34.1 Å². The third-order valence-electron chi connectivity index (χ3n) is 8.03. The van der Waals surface area contributed by atoms with Crippen LogP contribution in [0.1, 0.15) is 22.1 Å². The van der Waals surface area contributed by atoms with Crippen molar-refractivity contribution in [2.75, 3.05) is 28.3 Å². The summed E-state index contributed by atoms with van der Waals surface area (Å²) < 4.78 is 70.1. The van der Waals surface area contributed by atoms with E-state index in [1.807, 2.05) is 14.2 Å². The lowest BCUT2D eigenvalue weighted by atomic mass is 10.0. The van der Waals surface area contributed by atoms with E-state index >= 15 is 0 Å². The molecule has 1 amide bonds. The Balaban J connectivity index is 0.000000311. The number of aromatic nitrogens is 2. The maximum atomic E-state index is 12.2. The number of nitrogens with two attached hydrogens (primary N) is 1. The Morgan fingerprint density at radius 1 is 0.615 bits per heavy atom. The number of halogens is 6. The minimum Gasteiger partial charge on any atom is -0.496 e. The summed E-state index contributed by atoms with van der Waals surface area (Å²) in [5, 5.41) is 15.6. The Morgan fingerprint density at radius 2 is 1.00 bits per heavy atom. The number of amides is 1. The highest BCUT2D eigenvalue weighted by Gasteiger charge is 2.18. The predicted octanol–water partition coefficient (Wildman–Crippen LogP) is 9.57.